The van der Waals surface area contributed by atoms with Gasteiger partial charge in [-0.1, -0.05) is 37.3 Å². The number of aliphatic carboxylic acids is 1. The van der Waals surface area contributed by atoms with Crippen LogP contribution in [0.15, 0.2) is 71.3 Å². The normalized spacial score (nSPS) is 15.7. The fourth-order valence-electron chi connectivity index (χ4n) is 4.46. The third-order valence-electron chi connectivity index (χ3n) is 5.96. The van der Waals surface area contributed by atoms with Crippen LogP contribution in [0.2, 0.25) is 0 Å². The van der Waals surface area contributed by atoms with Crippen molar-refractivity contribution in [1.29, 1.82) is 0 Å². The number of benzene rings is 3. The Balaban J connectivity index is 0.00000320. The molecule has 7 nitrogen and oxygen atoms in total. The van der Waals surface area contributed by atoms with Crippen LogP contribution in [-0.4, -0.2) is 77.7 Å². The molecule has 0 fully saturated rings. The van der Waals surface area contributed by atoms with Gasteiger partial charge in [0, 0.05) is 62.5 Å². The molecular formula is C25H18F3KNO6S. The van der Waals surface area contributed by atoms with Crippen LogP contribution < -0.4 is 13.8 Å². The molecule has 0 aliphatic carbocycles. The van der Waals surface area contributed by atoms with Crippen molar-refractivity contribution in [2.45, 2.75) is 24.4 Å². The van der Waals surface area contributed by atoms with E-state index in [0.717, 1.165) is 12.1 Å². The summed E-state index contributed by atoms with van der Waals surface area (Å²) in [6, 6.07) is 12.7. The first-order valence-electron chi connectivity index (χ1n) is 10.8. The molecule has 0 saturated carbocycles. The van der Waals surface area contributed by atoms with Crippen molar-refractivity contribution in [3.8, 4) is 11.5 Å². The quantitative estimate of drug-likeness (QED) is 0.470. The molecule has 0 saturated heterocycles. The zero-order valence-electron chi connectivity index (χ0n) is 19.7. The topological polar surface area (TPSA) is 93.1 Å². The Morgan fingerprint density at radius 3 is 2.41 bits per heavy atom. The molecule has 0 aromatic heterocycles. The van der Waals surface area contributed by atoms with Gasteiger partial charge in [-0.15, -0.1) is 0 Å². The summed E-state index contributed by atoms with van der Waals surface area (Å²) in [5.74, 6) is -0.903. The van der Waals surface area contributed by atoms with Crippen LogP contribution in [-0.2, 0) is 27.4 Å². The fraction of sp³-hybridized carbons (Fsp3) is 0.160. The molecule has 12 heteroatoms. The molecule has 5 rings (SSSR count). The van der Waals surface area contributed by atoms with Crippen LogP contribution in [0.5, 0.6) is 11.5 Å². The van der Waals surface area contributed by atoms with E-state index in [2.05, 4.69) is 0 Å². The number of para-hydroxylation sites is 1. The fourth-order valence-corrected chi connectivity index (χ4v) is 6.19. The Morgan fingerprint density at radius 1 is 1.05 bits per heavy atom. The van der Waals surface area contributed by atoms with Gasteiger partial charge in [-0.25, -0.2) is 17.5 Å². The van der Waals surface area contributed by atoms with Crippen LogP contribution >= 0.6 is 0 Å². The molecule has 0 unspecified atom stereocenters. The molecular weight excluding hydrogens is 538 g/mol. The van der Waals surface area contributed by atoms with E-state index in [1.807, 2.05) is 6.92 Å². The van der Waals surface area contributed by atoms with E-state index in [1.54, 1.807) is 6.07 Å². The summed E-state index contributed by atoms with van der Waals surface area (Å²) in [4.78, 5) is 12.3. The number of carbonyl (C=O) groups is 1. The smallest absolute Gasteiger partial charge is 0.418 e. The summed E-state index contributed by atoms with van der Waals surface area (Å²) >= 11 is 0. The van der Waals surface area contributed by atoms with Crippen molar-refractivity contribution >= 4 is 78.6 Å². The summed E-state index contributed by atoms with van der Waals surface area (Å²) in [5, 5.41) is 10.3. The monoisotopic (exact) mass is 556 g/mol. The Hall–Kier alpha value is -2.35. The van der Waals surface area contributed by atoms with Gasteiger partial charge in [0.2, 0.25) is 6.79 Å². The van der Waals surface area contributed by atoms with Crippen LogP contribution in [0.3, 0.4) is 0 Å². The Bertz CT molecular complexity index is 1550. The van der Waals surface area contributed by atoms with E-state index >= 15 is 0 Å². The van der Waals surface area contributed by atoms with Crippen LogP contribution in [0.4, 0.5) is 18.9 Å². The molecule has 1 N–H and O–H groups in total. The molecule has 2 aliphatic heterocycles. The number of carboxylic acid groups (broad SMARTS) is 1. The van der Waals surface area contributed by atoms with Crippen molar-refractivity contribution in [1.82, 2.24) is 0 Å². The Labute approximate surface area is 253 Å². The van der Waals surface area contributed by atoms with E-state index < -0.39 is 39.1 Å². The number of sulfonamides is 1. The molecule has 0 bridgehead atoms. The number of aryl methyl sites for hydroxylation is 1. The number of nitrogens with zero attached hydrogens (tertiary/aromatic N) is 1. The first kappa shape index (κ1) is 27.7. The average Bonchev–Trinajstić information content (AvgIpc) is 3.31. The molecule has 0 atom stereocenters. The van der Waals surface area contributed by atoms with Crippen LogP contribution in [0, 0.1) is 0 Å². The van der Waals surface area contributed by atoms with Gasteiger partial charge in [-0.2, -0.15) is 13.2 Å². The van der Waals surface area contributed by atoms with Crippen molar-refractivity contribution in [2.24, 2.45) is 0 Å². The zero-order chi connectivity index (χ0) is 25.8. The summed E-state index contributed by atoms with van der Waals surface area (Å²) in [7, 11) is -4.74. The average molecular weight is 557 g/mol. The van der Waals surface area contributed by atoms with E-state index in [4.69, 9.17) is 9.47 Å². The number of anilines is 1. The van der Waals surface area contributed by atoms with Crippen LogP contribution in [0.25, 0.3) is 5.57 Å². The minimum absolute atomic E-state index is 0. The third-order valence-corrected chi connectivity index (χ3v) is 7.74. The van der Waals surface area contributed by atoms with E-state index in [1.165, 1.54) is 36.4 Å². The van der Waals surface area contributed by atoms with Gasteiger partial charge in [0.05, 0.1) is 16.1 Å². The van der Waals surface area contributed by atoms with Crippen molar-refractivity contribution < 1.29 is 41.0 Å². The van der Waals surface area contributed by atoms with Gasteiger partial charge in [-0.05, 0) is 47.9 Å². The second kappa shape index (κ2) is 10.1. The number of carboxylic acids is 1. The van der Waals surface area contributed by atoms with E-state index in [-0.39, 0.29) is 84.1 Å². The predicted molar refractivity (Wildman–Crippen MR) is 129 cm³/mol. The number of hydrogen-bond acceptors (Lipinski definition) is 5. The molecule has 0 spiro atoms. The van der Waals surface area contributed by atoms with Gasteiger partial charge in [0.25, 0.3) is 10.0 Å². The number of alkyl halides is 3. The minimum atomic E-state index is -4.94. The number of halogens is 3. The number of hydrogen-bond donors (Lipinski definition) is 1. The number of ether oxygens (including phenoxy) is 2. The van der Waals surface area contributed by atoms with Gasteiger partial charge in [0.1, 0.15) is 0 Å². The van der Waals surface area contributed by atoms with E-state index in [0.29, 0.717) is 29.5 Å². The van der Waals surface area contributed by atoms with Gasteiger partial charge < -0.3 is 14.6 Å². The van der Waals surface area contributed by atoms with Crippen molar-refractivity contribution in [3.05, 3.63) is 88.6 Å². The molecule has 187 valence electrons. The van der Waals surface area contributed by atoms with Gasteiger partial charge in [-0.3, -0.25) is 0 Å². The predicted octanol–water partition coefficient (Wildman–Crippen LogP) is 4.67. The van der Waals surface area contributed by atoms with Gasteiger partial charge in [0.15, 0.2) is 17.2 Å². The maximum absolute atomic E-state index is 13.9. The Morgan fingerprint density at radius 2 is 1.73 bits per heavy atom. The maximum Gasteiger partial charge on any atom is 0.418 e. The van der Waals surface area contributed by atoms with Crippen LogP contribution in [0.1, 0.15) is 29.2 Å². The molecule has 1 radical (unpaired) electrons. The standard InChI is InChI=1S/C25H18F3NO6S.K/c1-2-14-11-15(12-19-23(14)35-13-34-19)21-16-7-3-6-10-20(16)36(32,33)29(22(21)24(30)31)18-9-5-4-8-17(18)25(26,27)28;/h3-12H,2,13H2,1H3,(H,30,31);. The summed E-state index contributed by atoms with van der Waals surface area (Å²) in [5.41, 5.74) is -1.99. The largest absolute Gasteiger partial charge is 0.477 e. The number of rotatable bonds is 4. The summed E-state index contributed by atoms with van der Waals surface area (Å²) in [6.45, 7) is 1.80. The molecule has 3 aromatic carbocycles. The van der Waals surface area contributed by atoms with Crippen molar-refractivity contribution in [3.63, 3.8) is 0 Å². The SMILES string of the molecule is CCc1cc(C2=C(C(=O)O)N(c3ccccc3C(F)(F)F)S(=O)(=O)c3ccccc32)cc2c1OCO2.[K]. The van der Waals surface area contributed by atoms with Crippen molar-refractivity contribution in [2.75, 3.05) is 11.1 Å². The maximum atomic E-state index is 13.9. The summed E-state index contributed by atoms with van der Waals surface area (Å²) < 4.78 is 80.5. The third kappa shape index (κ3) is 4.59. The first-order valence-corrected chi connectivity index (χ1v) is 12.2. The molecule has 2 heterocycles. The second-order valence-corrected chi connectivity index (χ2v) is 9.79. The second-order valence-electron chi connectivity index (χ2n) is 8.03. The zero-order valence-corrected chi connectivity index (χ0v) is 23.6. The summed E-state index contributed by atoms with van der Waals surface area (Å²) in [6.07, 6.45) is -4.46. The molecule has 3 aromatic rings. The number of fused-ring (bicyclic) bond motifs is 2. The minimum Gasteiger partial charge on any atom is -0.477 e. The molecule has 2 aliphatic rings. The van der Waals surface area contributed by atoms with E-state index in [9.17, 15) is 31.5 Å². The first-order chi connectivity index (χ1) is 17.1. The molecule has 37 heavy (non-hydrogen) atoms. The Kier molecular flexibility index (Phi) is 7.54. The molecule has 0 amide bonds. The van der Waals surface area contributed by atoms with Gasteiger partial charge >= 0.3 is 12.1 Å².